The molecule has 1 heterocycles. The quantitative estimate of drug-likeness (QED) is 0.766. The molecule has 154 valence electrons. The molecule has 0 aliphatic carbocycles. The smallest absolute Gasteiger partial charge is 0.309 e. The van der Waals surface area contributed by atoms with Gasteiger partial charge in [-0.3, -0.25) is 14.4 Å². The monoisotopic (exact) mass is 412 g/mol. The molecule has 28 heavy (non-hydrogen) atoms. The van der Waals surface area contributed by atoms with Gasteiger partial charge in [0.25, 0.3) is 5.91 Å². The van der Waals surface area contributed by atoms with E-state index >= 15 is 0 Å². The first-order chi connectivity index (χ1) is 13.0. The van der Waals surface area contributed by atoms with Gasteiger partial charge >= 0.3 is 5.97 Å². The van der Waals surface area contributed by atoms with Gasteiger partial charge in [-0.2, -0.15) is 0 Å². The molecule has 1 N–H and O–H groups in total. The Hall–Kier alpha value is -2.15. The van der Waals surface area contributed by atoms with Crippen LogP contribution in [0.4, 0.5) is 10.1 Å². The van der Waals surface area contributed by atoms with Crippen LogP contribution in [0.15, 0.2) is 18.2 Å². The van der Waals surface area contributed by atoms with Crippen LogP contribution < -0.4 is 5.32 Å². The highest BCUT2D eigenvalue weighted by Gasteiger charge is 2.33. The SMILES string of the molecule is C[C@H](OC(=O)C1CCN(C(=O)C(C)(C)C)CC1)C(=O)Nc1ccc(F)c(Cl)c1. The van der Waals surface area contributed by atoms with E-state index in [1.165, 1.54) is 19.1 Å². The normalized spacial score (nSPS) is 16.4. The first-order valence-electron chi connectivity index (χ1n) is 9.25. The van der Waals surface area contributed by atoms with Crippen LogP contribution in [0.5, 0.6) is 0 Å². The summed E-state index contributed by atoms with van der Waals surface area (Å²) in [5, 5.41) is 2.42. The maximum absolute atomic E-state index is 13.2. The van der Waals surface area contributed by atoms with Crippen LogP contribution in [0.25, 0.3) is 0 Å². The van der Waals surface area contributed by atoms with Crippen LogP contribution in [0.3, 0.4) is 0 Å². The molecule has 2 rings (SSSR count). The van der Waals surface area contributed by atoms with E-state index in [0.29, 0.717) is 31.6 Å². The second-order valence-electron chi connectivity index (χ2n) is 8.01. The van der Waals surface area contributed by atoms with Gasteiger partial charge in [0, 0.05) is 24.2 Å². The van der Waals surface area contributed by atoms with Gasteiger partial charge < -0.3 is 15.0 Å². The Kier molecular flexibility index (Phi) is 7.04. The Morgan fingerprint density at radius 3 is 2.39 bits per heavy atom. The number of hydrogen-bond donors (Lipinski definition) is 1. The Morgan fingerprint density at radius 2 is 1.86 bits per heavy atom. The molecule has 0 saturated carbocycles. The summed E-state index contributed by atoms with van der Waals surface area (Å²) in [6.45, 7) is 8.05. The zero-order chi connectivity index (χ0) is 21.1. The van der Waals surface area contributed by atoms with Crippen molar-refractivity contribution >= 4 is 35.1 Å². The van der Waals surface area contributed by atoms with E-state index in [2.05, 4.69) is 5.32 Å². The summed E-state index contributed by atoms with van der Waals surface area (Å²) in [5.74, 6) is -1.86. The molecule has 0 unspecified atom stereocenters. The third kappa shape index (κ3) is 5.67. The van der Waals surface area contributed by atoms with E-state index in [4.69, 9.17) is 16.3 Å². The molecule has 0 bridgehead atoms. The van der Waals surface area contributed by atoms with Crippen LogP contribution >= 0.6 is 11.6 Å². The van der Waals surface area contributed by atoms with Crippen LogP contribution in [0.2, 0.25) is 5.02 Å². The number of carbonyl (C=O) groups excluding carboxylic acids is 3. The summed E-state index contributed by atoms with van der Waals surface area (Å²) >= 11 is 5.69. The van der Waals surface area contributed by atoms with Gasteiger partial charge in [0.15, 0.2) is 6.10 Å². The second kappa shape index (κ2) is 8.90. The lowest BCUT2D eigenvalue weighted by Gasteiger charge is -2.35. The third-order valence-electron chi connectivity index (χ3n) is 4.61. The minimum atomic E-state index is -1.01. The number of benzene rings is 1. The fourth-order valence-electron chi connectivity index (χ4n) is 2.93. The molecule has 1 saturated heterocycles. The van der Waals surface area contributed by atoms with E-state index in [0.717, 1.165) is 6.07 Å². The summed E-state index contributed by atoms with van der Waals surface area (Å²) in [4.78, 5) is 38.6. The molecule has 0 aromatic heterocycles. The average Bonchev–Trinajstić information content (AvgIpc) is 2.63. The molecule has 2 amide bonds. The molecule has 0 radical (unpaired) electrons. The van der Waals surface area contributed by atoms with Gasteiger partial charge in [0.1, 0.15) is 5.82 Å². The van der Waals surface area contributed by atoms with Gasteiger partial charge in [-0.25, -0.2) is 4.39 Å². The number of hydrogen-bond acceptors (Lipinski definition) is 4. The number of rotatable bonds is 4. The largest absolute Gasteiger partial charge is 0.452 e. The van der Waals surface area contributed by atoms with Crippen molar-refractivity contribution in [2.24, 2.45) is 11.3 Å². The molecule has 8 heteroatoms. The minimum absolute atomic E-state index is 0.0602. The van der Waals surface area contributed by atoms with Gasteiger partial charge in [0.2, 0.25) is 5.91 Å². The summed E-state index contributed by atoms with van der Waals surface area (Å²) in [5.41, 5.74) is -0.142. The topological polar surface area (TPSA) is 75.7 Å². The van der Waals surface area contributed by atoms with E-state index in [-0.39, 0.29) is 16.8 Å². The zero-order valence-electron chi connectivity index (χ0n) is 16.6. The minimum Gasteiger partial charge on any atom is -0.452 e. The summed E-state index contributed by atoms with van der Waals surface area (Å²) < 4.78 is 18.5. The van der Waals surface area contributed by atoms with E-state index in [1.54, 1.807) is 4.90 Å². The average molecular weight is 413 g/mol. The number of likely N-dealkylation sites (tertiary alicyclic amines) is 1. The Labute approximate surface area is 169 Å². The van der Waals surface area contributed by atoms with Gasteiger partial charge in [0.05, 0.1) is 10.9 Å². The predicted octanol–water partition coefficient (Wildman–Crippen LogP) is 3.63. The van der Waals surface area contributed by atoms with Crippen LogP contribution in [-0.4, -0.2) is 41.9 Å². The number of anilines is 1. The third-order valence-corrected chi connectivity index (χ3v) is 4.90. The molecular weight excluding hydrogens is 387 g/mol. The number of ether oxygens (including phenoxy) is 1. The highest BCUT2D eigenvalue weighted by Crippen LogP contribution is 2.25. The summed E-state index contributed by atoms with van der Waals surface area (Å²) in [7, 11) is 0. The molecule has 1 aliphatic heterocycles. The fraction of sp³-hybridized carbons (Fsp3) is 0.550. The molecule has 1 aromatic rings. The van der Waals surface area contributed by atoms with Crippen molar-refractivity contribution in [2.75, 3.05) is 18.4 Å². The number of halogens is 2. The molecule has 1 aromatic carbocycles. The summed E-state index contributed by atoms with van der Waals surface area (Å²) in [6, 6.07) is 3.79. The number of nitrogens with one attached hydrogen (secondary N) is 1. The Balaban J connectivity index is 1.84. The highest BCUT2D eigenvalue weighted by atomic mass is 35.5. The number of amides is 2. The van der Waals surface area contributed by atoms with Crippen LogP contribution in [-0.2, 0) is 19.1 Å². The zero-order valence-corrected chi connectivity index (χ0v) is 17.3. The van der Waals surface area contributed by atoms with Crippen LogP contribution in [0, 0.1) is 17.2 Å². The Morgan fingerprint density at radius 1 is 1.25 bits per heavy atom. The molecule has 6 nitrogen and oxygen atoms in total. The predicted molar refractivity (Wildman–Crippen MR) is 104 cm³/mol. The number of nitrogens with zero attached hydrogens (tertiary/aromatic N) is 1. The number of carbonyl (C=O) groups is 3. The number of piperidine rings is 1. The molecule has 1 atom stereocenters. The van der Waals surface area contributed by atoms with Crippen molar-refractivity contribution < 1.29 is 23.5 Å². The fourth-order valence-corrected chi connectivity index (χ4v) is 3.11. The lowest BCUT2D eigenvalue weighted by Crippen LogP contribution is -2.45. The molecular formula is C20H26ClFN2O4. The lowest BCUT2D eigenvalue weighted by molar-refractivity contribution is -0.160. The first kappa shape index (κ1) is 22.1. The number of esters is 1. The second-order valence-corrected chi connectivity index (χ2v) is 8.42. The van der Waals surface area contributed by atoms with Crippen molar-refractivity contribution in [2.45, 2.75) is 46.6 Å². The molecule has 0 spiro atoms. The van der Waals surface area contributed by atoms with Crippen molar-refractivity contribution in [3.63, 3.8) is 0 Å². The Bertz CT molecular complexity index is 755. The lowest BCUT2D eigenvalue weighted by atomic mass is 9.91. The summed E-state index contributed by atoms with van der Waals surface area (Å²) in [6.07, 6.45) is -0.00365. The van der Waals surface area contributed by atoms with Gasteiger partial charge in [-0.15, -0.1) is 0 Å². The van der Waals surface area contributed by atoms with E-state index in [1.807, 2.05) is 20.8 Å². The van der Waals surface area contributed by atoms with Crippen molar-refractivity contribution in [1.82, 2.24) is 4.90 Å². The van der Waals surface area contributed by atoms with Crippen molar-refractivity contribution in [1.29, 1.82) is 0 Å². The standard InChI is InChI=1S/C20H26ClFN2O4/c1-12(17(25)23-14-5-6-16(22)15(21)11-14)28-18(26)13-7-9-24(10-8-13)19(27)20(2,3)4/h5-6,11-13H,7-10H2,1-4H3,(H,23,25)/t12-/m0/s1. The van der Waals surface area contributed by atoms with Crippen molar-refractivity contribution in [3.05, 3.63) is 29.0 Å². The molecule has 1 aliphatic rings. The molecule has 1 fully saturated rings. The van der Waals surface area contributed by atoms with Crippen molar-refractivity contribution in [3.8, 4) is 0 Å². The van der Waals surface area contributed by atoms with Gasteiger partial charge in [-0.1, -0.05) is 32.4 Å². The van der Waals surface area contributed by atoms with E-state index in [9.17, 15) is 18.8 Å². The highest BCUT2D eigenvalue weighted by molar-refractivity contribution is 6.31. The van der Waals surface area contributed by atoms with E-state index < -0.39 is 29.2 Å². The van der Waals surface area contributed by atoms with Gasteiger partial charge in [-0.05, 0) is 38.0 Å². The maximum Gasteiger partial charge on any atom is 0.309 e. The first-order valence-corrected chi connectivity index (χ1v) is 9.62. The maximum atomic E-state index is 13.2. The van der Waals surface area contributed by atoms with Crippen LogP contribution in [0.1, 0.15) is 40.5 Å².